The van der Waals surface area contributed by atoms with Gasteiger partial charge in [0, 0.05) is 11.6 Å². The van der Waals surface area contributed by atoms with Gasteiger partial charge in [0.25, 0.3) is 11.8 Å². The second-order valence-corrected chi connectivity index (χ2v) is 6.64. The van der Waals surface area contributed by atoms with Gasteiger partial charge in [0.15, 0.2) is 0 Å². The van der Waals surface area contributed by atoms with Gasteiger partial charge in [0.1, 0.15) is 17.1 Å². The van der Waals surface area contributed by atoms with E-state index in [1.54, 1.807) is 6.07 Å². The van der Waals surface area contributed by atoms with E-state index in [4.69, 9.17) is 21.1 Å². The zero-order valence-corrected chi connectivity index (χ0v) is 16.8. The number of anilines is 1. The lowest BCUT2D eigenvalue weighted by Crippen LogP contribution is -2.54. The number of urea groups is 1. The SMILES string of the molecule is COc1ccc(/C=C2/C(=O)NC(=O)N(c3cc(C(F)(F)F)ccc3Cl)C2=O)c(OC)c1. The molecular weight excluding hydrogens is 441 g/mol. The number of hydrogen-bond donors (Lipinski definition) is 1. The summed E-state index contributed by atoms with van der Waals surface area (Å²) in [7, 11) is 2.80. The zero-order chi connectivity index (χ0) is 22.9. The number of carbonyl (C=O) groups excluding carboxylic acids is 3. The number of rotatable bonds is 4. The van der Waals surface area contributed by atoms with Gasteiger partial charge < -0.3 is 9.47 Å². The molecule has 3 rings (SSSR count). The van der Waals surface area contributed by atoms with Gasteiger partial charge in [-0.1, -0.05) is 11.6 Å². The summed E-state index contributed by atoms with van der Waals surface area (Å²) >= 11 is 5.96. The highest BCUT2D eigenvalue weighted by atomic mass is 35.5. The smallest absolute Gasteiger partial charge is 0.416 e. The Hall–Kier alpha value is -3.53. The molecule has 1 saturated heterocycles. The average Bonchev–Trinajstić information content (AvgIpc) is 2.71. The quantitative estimate of drug-likeness (QED) is 0.556. The molecule has 0 radical (unpaired) electrons. The van der Waals surface area contributed by atoms with E-state index in [1.807, 2.05) is 5.32 Å². The van der Waals surface area contributed by atoms with E-state index in [1.165, 1.54) is 26.4 Å². The molecule has 0 unspecified atom stereocenters. The molecule has 7 nitrogen and oxygen atoms in total. The molecule has 0 aromatic heterocycles. The Bertz CT molecular complexity index is 1110. The molecule has 0 aliphatic carbocycles. The number of halogens is 4. The third-order valence-electron chi connectivity index (χ3n) is 4.36. The zero-order valence-electron chi connectivity index (χ0n) is 16.0. The summed E-state index contributed by atoms with van der Waals surface area (Å²) in [5, 5.41) is 1.64. The minimum atomic E-state index is -4.74. The van der Waals surface area contributed by atoms with Crippen LogP contribution in [0.15, 0.2) is 42.0 Å². The number of nitrogens with one attached hydrogen (secondary N) is 1. The Morgan fingerprint density at radius 2 is 1.74 bits per heavy atom. The van der Waals surface area contributed by atoms with Gasteiger partial charge >= 0.3 is 12.2 Å². The van der Waals surface area contributed by atoms with E-state index in [9.17, 15) is 27.6 Å². The molecular formula is C20H14ClF3N2O5. The minimum absolute atomic E-state index is 0.257. The second kappa shape index (κ2) is 8.31. The molecule has 2 aromatic rings. The molecule has 0 atom stereocenters. The predicted molar refractivity (Wildman–Crippen MR) is 105 cm³/mol. The highest BCUT2D eigenvalue weighted by Crippen LogP contribution is 2.37. The van der Waals surface area contributed by atoms with Crippen molar-refractivity contribution in [3.05, 3.63) is 58.1 Å². The van der Waals surface area contributed by atoms with Crippen LogP contribution in [0.3, 0.4) is 0 Å². The van der Waals surface area contributed by atoms with E-state index >= 15 is 0 Å². The van der Waals surface area contributed by atoms with Crippen LogP contribution in [0.4, 0.5) is 23.7 Å². The van der Waals surface area contributed by atoms with Gasteiger partial charge in [-0.15, -0.1) is 0 Å². The van der Waals surface area contributed by atoms with E-state index < -0.39 is 40.8 Å². The lowest BCUT2D eigenvalue weighted by molar-refractivity contribution is -0.137. The number of barbiturate groups is 1. The van der Waals surface area contributed by atoms with Gasteiger partial charge in [-0.3, -0.25) is 14.9 Å². The van der Waals surface area contributed by atoms with Crippen LogP contribution < -0.4 is 19.7 Å². The molecule has 0 bridgehead atoms. The maximum Gasteiger partial charge on any atom is 0.416 e. The Labute approximate surface area is 179 Å². The minimum Gasteiger partial charge on any atom is -0.497 e. The highest BCUT2D eigenvalue weighted by Gasteiger charge is 2.39. The monoisotopic (exact) mass is 454 g/mol. The number of carbonyl (C=O) groups is 3. The first-order valence-electron chi connectivity index (χ1n) is 8.57. The molecule has 1 aliphatic heterocycles. The Balaban J connectivity index is 2.09. The fraction of sp³-hybridized carbons (Fsp3) is 0.150. The molecule has 0 spiro atoms. The second-order valence-electron chi connectivity index (χ2n) is 6.23. The van der Waals surface area contributed by atoms with Gasteiger partial charge in [0.05, 0.1) is 30.5 Å². The van der Waals surface area contributed by atoms with Crippen molar-refractivity contribution in [1.82, 2.24) is 5.32 Å². The van der Waals surface area contributed by atoms with Gasteiger partial charge in [-0.25, -0.2) is 9.69 Å². The molecule has 1 aliphatic rings. The molecule has 1 fully saturated rings. The van der Waals surface area contributed by atoms with Crippen molar-refractivity contribution < 1.29 is 37.0 Å². The van der Waals surface area contributed by atoms with E-state index in [0.29, 0.717) is 28.3 Å². The van der Waals surface area contributed by atoms with E-state index in [2.05, 4.69) is 0 Å². The van der Waals surface area contributed by atoms with Crippen molar-refractivity contribution in [2.45, 2.75) is 6.18 Å². The number of methoxy groups -OCH3 is 2. The lowest BCUT2D eigenvalue weighted by atomic mass is 10.1. The average molecular weight is 455 g/mol. The summed E-state index contributed by atoms with van der Waals surface area (Å²) in [4.78, 5) is 37.9. The van der Waals surface area contributed by atoms with Crippen LogP contribution in [0.25, 0.3) is 6.08 Å². The lowest BCUT2D eigenvalue weighted by Gasteiger charge is -2.27. The molecule has 1 N–H and O–H groups in total. The predicted octanol–water partition coefficient (Wildman–Crippen LogP) is 4.04. The Kier molecular flexibility index (Phi) is 5.94. The van der Waals surface area contributed by atoms with Crippen LogP contribution in [0.2, 0.25) is 5.02 Å². The Morgan fingerprint density at radius 3 is 2.35 bits per heavy atom. The van der Waals surface area contributed by atoms with Crippen LogP contribution in [-0.2, 0) is 15.8 Å². The van der Waals surface area contributed by atoms with Crippen molar-refractivity contribution in [2.24, 2.45) is 0 Å². The Morgan fingerprint density at radius 1 is 1.03 bits per heavy atom. The van der Waals surface area contributed by atoms with Crippen molar-refractivity contribution in [3.63, 3.8) is 0 Å². The maximum atomic E-state index is 13.1. The summed E-state index contributed by atoms with van der Waals surface area (Å²) in [5.41, 5.74) is -1.84. The normalized spacial score (nSPS) is 15.9. The largest absolute Gasteiger partial charge is 0.497 e. The molecule has 162 valence electrons. The summed E-state index contributed by atoms with van der Waals surface area (Å²) in [6, 6.07) is 5.51. The standard InChI is InChI=1S/C20H14ClF3N2O5/c1-30-12-5-3-10(16(9-12)31-2)7-13-17(27)25-19(29)26(18(13)28)15-8-11(20(22,23)24)4-6-14(15)21/h3-9H,1-2H3,(H,25,27,29)/b13-7-. The fourth-order valence-electron chi connectivity index (χ4n) is 2.83. The molecule has 4 amide bonds. The topological polar surface area (TPSA) is 84.9 Å². The van der Waals surface area contributed by atoms with Crippen molar-refractivity contribution in [1.29, 1.82) is 0 Å². The van der Waals surface area contributed by atoms with Crippen molar-refractivity contribution in [3.8, 4) is 11.5 Å². The summed E-state index contributed by atoms with van der Waals surface area (Å²) in [5.74, 6) is -1.46. The van der Waals surface area contributed by atoms with Gasteiger partial charge in [0.2, 0.25) is 0 Å². The van der Waals surface area contributed by atoms with Gasteiger partial charge in [-0.05, 0) is 36.4 Å². The number of ether oxygens (including phenoxy) is 2. The molecule has 1 heterocycles. The molecule has 31 heavy (non-hydrogen) atoms. The third-order valence-corrected chi connectivity index (χ3v) is 4.68. The van der Waals surface area contributed by atoms with Crippen LogP contribution in [0, 0.1) is 0 Å². The first-order chi connectivity index (χ1) is 14.6. The number of imide groups is 2. The van der Waals surface area contributed by atoms with E-state index in [0.717, 1.165) is 12.1 Å². The van der Waals surface area contributed by atoms with Crippen LogP contribution in [0.1, 0.15) is 11.1 Å². The molecule has 2 aromatic carbocycles. The number of nitrogens with zero attached hydrogens (tertiary/aromatic N) is 1. The number of amides is 4. The third kappa shape index (κ3) is 4.33. The number of hydrogen-bond acceptors (Lipinski definition) is 5. The summed E-state index contributed by atoms with van der Waals surface area (Å²) in [6.07, 6.45) is -3.59. The van der Waals surface area contributed by atoms with Crippen molar-refractivity contribution in [2.75, 3.05) is 19.1 Å². The fourth-order valence-corrected chi connectivity index (χ4v) is 3.03. The van der Waals surface area contributed by atoms with Gasteiger partial charge in [-0.2, -0.15) is 13.2 Å². The molecule has 11 heteroatoms. The number of benzene rings is 2. The van der Waals surface area contributed by atoms with Crippen molar-refractivity contribution >= 4 is 41.2 Å². The van der Waals surface area contributed by atoms with Crippen LogP contribution in [0.5, 0.6) is 11.5 Å². The first kappa shape index (κ1) is 22.2. The number of alkyl halides is 3. The summed E-state index contributed by atoms with van der Waals surface area (Å²) in [6.45, 7) is 0. The van der Waals surface area contributed by atoms with Crippen LogP contribution >= 0.6 is 11.6 Å². The molecule has 0 saturated carbocycles. The summed E-state index contributed by atoms with van der Waals surface area (Å²) < 4.78 is 49.6. The van der Waals surface area contributed by atoms with E-state index in [-0.39, 0.29) is 10.8 Å². The highest BCUT2D eigenvalue weighted by molar-refractivity contribution is 6.42. The maximum absolute atomic E-state index is 13.1. The first-order valence-corrected chi connectivity index (χ1v) is 8.95. The van der Waals surface area contributed by atoms with Crippen LogP contribution in [-0.4, -0.2) is 32.1 Å².